The van der Waals surface area contributed by atoms with E-state index >= 15 is 0 Å². The third-order valence-electron chi connectivity index (χ3n) is 4.00. The Morgan fingerprint density at radius 3 is 2.76 bits per heavy atom. The molecule has 5 heteroatoms. The van der Waals surface area contributed by atoms with Gasteiger partial charge in [0.2, 0.25) is 5.91 Å². The van der Waals surface area contributed by atoms with Gasteiger partial charge in [0.1, 0.15) is 0 Å². The minimum atomic E-state index is -0.0913. The van der Waals surface area contributed by atoms with E-state index in [1.54, 1.807) is 18.2 Å². The summed E-state index contributed by atoms with van der Waals surface area (Å²) in [6.45, 7) is 5.62. The molecule has 2 rings (SSSR count). The molecule has 1 saturated heterocycles. The maximum Gasteiger partial charge on any atom is 0.238 e. The second-order valence-electron chi connectivity index (χ2n) is 5.81. The first kappa shape index (κ1) is 15.7. The molecule has 0 radical (unpaired) electrons. The molecule has 1 aromatic carbocycles. The number of benzene rings is 1. The van der Waals surface area contributed by atoms with Gasteiger partial charge in [-0.2, -0.15) is 0 Å². The van der Waals surface area contributed by atoms with Crippen LogP contribution in [0.15, 0.2) is 24.3 Å². The summed E-state index contributed by atoms with van der Waals surface area (Å²) in [5.41, 5.74) is 7.11. The van der Waals surface area contributed by atoms with E-state index in [2.05, 4.69) is 17.1 Å². The SMILES string of the molecule is CC(=O)c1ccccc1NC(=O)CN1CCC(N)C(C)C1. The van der Waals surface area contributed by atoms with Crippen LogP contribution in [0.3, 0.4) is 0 Å². The minimum absolute atomic E-state index is 0.0523. The Hall–Kier alpha value is -1.72. The van der Waals surface area contributed by atoms with E-state index in [1.165, 1.54) is 6.92 Å². The standard InChI is InChI=1S/C16H23N3O2/c1-11-9-19(8-7-14(11)17)10-16(21)18-15-6-4-3-5-13(15)12(2)20/h3-6,11,14H,7-10,17H2,1-2H3,(H,18,21). The molecule has 1 aromatic rings. The van der Waals surface area contributed by atoms with Gasteiger partial charge in [-0.3, -0.25) is 14.5 Å². The molecule has 114 valence electrons. The highest BCUT2D eigenvalue weighted by molar-refractivity contribution is 6.04. The third kappa shape index (κ3) is 4.12. The molecular weight excluding hydrogens is 266 g/mol. The number of Topliss-reactive ketones (excluding diaryl/α,β-unsaturated/α-hetero) is 1. The second-order valence-corrected chi connectivity index (χ2v) is 5.81. The van der Waals surface area contributed by atoms with Crippen LogP contribution >= 0.6 is 0 Å². The summed E-state index contributed by atoms with van der Waals surface area (Å²) < 4.78 is 0. The van der Waals surface area contributed by atoms with Crippen molar-refractivity contribution in [3.05, 3.63) is 29.8 Å². The lowest BCUT2D eigenvalue weighted by molar-refractivity contribution is -0.117. The van der Waals surface area contributed by atoms with Gasteiger partial charge >= 0.3 is 0 Å². The van der Waals surface area contributed by atoms with Crippen LogP contribution in [-0.2, 0) is 4.79 Å². The molecule has 1 aliphatic heterocycles. The van der Waals surface area contributed by atoms with Crippen LogP contribution in [0.4, 0.5) is 5.69 Å². The number of hydrogen-bond acceptors (Lipinski definition) is 4. The molecule has 2 unspecified atom stereocenters. The number of carbonyl (C=O) groups is 2. The molecular formula is C16H23N3O2. The predicted molar refractivity (Wildman–Crippen MR) is 83.3 cm³/mol. The van der Waals surface area contributed by atoms with E-state index in [-0.39, 0.29) is 17.7 Å². The molecule has 0 spiro atoms. The van der Waals surface area contributed by atoms with Gasteiger partial charge in [-0.05, 0) is 31.4 Å². The number of nitrogens with two attached hydrogens (primary N) is 1. The smallest absolute Gasteiger partial charge is 0.238 e. The van der Waals surface area contributed by atoms with Gasteiger partial charge < -0.3 is 11.1 Å². The normalized spacial score (nSPS) is 22.8. The van der Waals surface area contributed by atoms with Gasteiger partial charge in [0.15, 0.2) is 5.78 Å². The summed E-state index contributed by atoms with van der Waals surface area (Å²) in [4.78, 5) is 25.8. The van der Waals surface area contributed by atoms with Crippen molar-refractivity contribution >= 4 is 17.4 Å². The molecule has 1 amide bonds. The van der Waals surface area contributed by atoms with Crippen molar-refractivity contribution in [3.63, 3.8) is 0 Å². The number of anilines is 1. The van der Waals surface area contributed by atoms with Crippen molar-refractivity contribution < 1.29 is 9.59 Å². The lowest BCUT2D eigenvalue weighted by Gasteiger charge is -2.34. The Morgan fingerprint density at radius 1 is 1.38 bits per heavy atom. The van der Waals surface area contributed by atoms with Gasteiger partial charge in [-0.25, -0.2) is 0 Å². The monoisotopic (exact) mass is 289 g/mol. The van der Waals surface area contributed by atoms with E-state index in [9.17, 15) is 9.59 Å². The maximum absolute atomic E-state index is 12.1. The van der Waals surface area contributed by atoms with Crippen LogP contribution in [-0.4, -0.2) is 42.3 Å². The number of ketones is 1. The summed E-state index contributed by atoms with van der Waals surface area (Å²) in [5.74, 6) is 0.255. The zero-order valence-corrected chi connectivity index (χ0v) is 12.6. The number of likely N-dealkylation sites (tertiary alicyclic amines) is 1. The molecule has 1 aliphatic rings. The fourth-order valence-electron chi connectivity index (χ4n) is 2.69. The summed E-state index contributed by atoms with van der Waals surface area (Å²) >= 11 is 0. The number of para-hydroxylation sites is 1. The average Bonchev–Trinajstić information content (AvgIpc) is 2.43. The molecule has 0 bridgehead atoms. The predicted octanol–water partition coefficient (Wildman–Crippen LogP) is 1.50. The molecule has 1 heterocycles. The molecule has 2 atom stereocenters. The Morgan fingerprint density at radius 2 is 2.10 bits per heavy atom. The van der Waals surface area contributed by atoms with Crippen molar-refractivity contribution in [3.8, 4) is 0 Å². The van der Waals surface area contributed by atoms with Crippen LogP contribution < -0.4 is 11.1 Å². The Balaban J connectivity index is 1.95. The number of amides is 1. The zero-order valence-electron chi connectivity index (χ0n) is 12.6. The fraction of sp³-hybridized carbons (Fsp3) is 0.500. The largest absolute Gasteiger partial charge is 0.327 e. The minimum Gasteiger partial charge on any atom is -0.327 e. The summed E-state index contributed by atoms with van der Waals surface area (Å²) in [5, 5.41) is 2.83. The summed E-state index contributed by atoms with van der Waals surface area (Å²) in [6.07, 6.45) is 0.915. The number of rotatable bonds is 4. The average molecular weight is 289 g/mol. The van der Waals surface area contributed by atoms with Gasteiger partial charge in [0.05, 0.1) is 12.2 Å². The Bertz CT molecular complexity index is 530. The molecule has 5 nitrogen and oxygen atoms in total. The van der Waals surface area contributed by atoms with Crippen molar-refractivity contribution in [2.45, 2.75) is 26.3 Å². The van der Waals surface area contributed by atoms with Crippen molar-refractivity contribution in [1.29, 1.82) is 0 Å². The van der Waals surface area contributed by atoms with Gasteiger partial charge in [-0.15, -0.1) is 0 Å². The highest BCUT2D eigenvalue weighted by Crippen LogP contribution is 2.17. The molecule has 1 fully saturated rings. The van der Waals surface area contributed by atoms with Gasteiger partial charge in [0.25, 0.3) is 0 Å². The van der Waals surface area contributed by atoms with Gasteiger partial charge in [-0.1, -0.05) is 19.1 Å². The number of nitrogens with one attached hydrogen (secondary N) is 1. The topological polar surface area (TPSA) is 75.4 Å². The van der Waals surface area contributed by atoms with E-state index in [1.807, 2.05) is 6.07 Å². The van der Waals surface area contributed by atoms with E-state index in [0.29, 0.717) is 23.7 Å². The molecule has 0 aromatic heterocycles. The van der Waals surface area contributed by atoms with E-state index < -0.39 is 0 Å². The highest BCUT2D eigenvalue weighted by Gasteiger charge is 2.24. The lowest BCUT2D eigenvalue weighted by Crippen LogP contribution is -2.48. The highest BCUT2D eigenvalue weighted by atomic mass is 16.2. The quantitative estimate of drug-likeness (QED) is 0.824. The van der Waals surface area contributed by atoms with Gasteiger partial charge in [0, 0.05) is 24.7 Å². The number of carbonyl (C=O) groups excluding carboxylic acids is 2. The maximum atomic E-state index is 12.1. The Kier molecular flexibility index (Phi) is 5.09. The lowest BCUT2D eigenvalue weighted by atomic mass is 9.95. The van der Waals surface area contributed by atoms with Crippen LogP contribution in [0.2, 0.25) is 0 Å². The zero-order chi connectivity index (χ0) is 15.4. The number of nitrogens with zero attached hydrogens (tertiary/aromatic N) is 1. The first-order valence-electron chi connectivity index (χ1n) is 7.35. The van der Waals surface area contributed by atoms with Crippen LogP contribution in [0, 0.1) is 5.92 Å². The van der Waals surface area contributed by atoms with Crippen LogP contribution in [0.25, 0.3) is 0 Å². The molecule has 0 aliphatic carbocycles. The Labute approximate surface area is 125 Å². The first-order valence-corrected chi connectivity index (χ1v) is 7.35. The number of hydrogen-bond donors (Lipinski definition) is 2. The molecule has 21 heavy (non-hydrogen) atoms. The van der Waals surface area contributed by atoms with Crippen LogP contribution in [0.5, 0.6) is 0 Å². The number of piperidine rings is 1. The summed E-state index contributed by atoms with van der Waals surface area (Å²) in [7, 11) is 0. The van der Waals surface area contributed by atoms with E-state index in [4.69, 9.17) is 5.73 Å². The fourth-order valence-corrected chi connectivity index (χ4v) is 2.69. The van der Waals surface area contributed by atoms with Crippen molar-refractivity contribution in [1.82, 2.24) is 4.90 Å². The third-order valence-corrected chi connectivity index (χ3v) is 4.00. The molecule has 0 saturated carbocycles. The second kappa shape index (κ2) is 6.83. The summed E-state index contributed by atoms with van der Waals surface area (Å²) in [6, 6.07) is 7.30. The van der Waals surface area contributed by atoms with Crippen molar-refractivity contribution in [2.75, 3.05) is 25.0 Å². The van der Waals surface area contributed by atoms with Crippen LogP contribution in [0.1, 0.15) is 30.6 Å². The van der Waals surface area contributed by atoms with E-state index in [0.717, 1.165) is 19.5 Å². The van der Waals surface area contributed by atoms with Crippen molar-refractivity contribution in [2.24, 2.45) is 11.7 Å². The molecule has 3 N–H and O–H groups in total. The first-order chi connectivity index (χ1) is 9.97.